The molecule has 0 spiro atoms. The summed E-state index contributed by atoms with van der Waals surface area (Å²) in [6, 6.07) is 0. The molecule has 0 aromatic carbocycles. The van der Waals surface area contributed by atoms with Crippen LogP contribution in [0.5, 0.6) is 0 Å². The molecule has 404 valence electrons. The van der Waals surface area contributed by atoms with Gasteiger partial charge in [-0.25, -0.2) is 0 Å². The summed E-state index contributed by atoms with van der Waals surface area (Å²) in [7, 11) is 0. The SMILES string of the molecule is CC/C=C\C/C=C\C/C=C\C/C=C\C/C=C\C/C=C\C/C=C\CCCCCCCCCC(=O)OCC(COC(=O)CCCCCCCCCCC)OC(=O)CCCCCCC/C=C\C/C=C\CCCCC. The predicted octanol–water partition coefficient (Wildman–Crippen LogP) is 19.9. The maximum atomic E-state index is 12.8. The molecule has 0 aliphatic heterocycles. The number of carbonyl (C=O) groups excluding carboxylic acids is 3. The van der Waals surface area contributed by atoms with Gasteiger partial charge in [-0.1, -0.05) is 246 Å². The Kier molecular flexibility index (Phi) is 55.4. The van der Waals surface area contributed by atoms with Crippen molar-refractivity contribution in [1.82, 2.24) is 0 Å². The lowest BCUT2D eigenvalue weighted by Crippen LogP contribution is -2.30. The molecule has 0 bridgehead atoms. The van der Waals surface area contributed by atoms with Crippen LogP contribution in [0.3, 0.4) is 0 Å². The Morgan fingerprint density at radius 2 is 0.549 bits per heavy atom. The van der Waals surface area contributed by atoms with E-state index in [2.05, 4.69) is 130 Å². The second-order valence-corrected chi connectivity index (χ2v) is 19.2. The largest absolute Gasteiger partial charge is 0.462 e. The molecule has 1 atom stereocenters. The third-order valence-corrected chi connectivity index (χ3v) is 12.3. The number of esters is 3. The van der Waals surface area contributed by atoms with Gasteiger partial charge in [0.1, 0.15) is 13.2 Å². The first-order valence-corrected chi connectivity index (χ1v) is 29.4. The van der Waals surface area contributed by atoms with E-state index in [1.807, 2.05) is 0 Å². The molecule has 0 N–H and O–H groups in total. The average molecular weight is 986 g/mol. The fourth-order valence-corrected chi connectivity index (χ4v) is 7.86. The van der Waals surface area contributed by atoms with Crippen LogP contribution in [0, 0.1) is 0 Å². The second kappa shape index (κ2) is 58.6. The molecule has 0 saturated carbocycles. The smallest absolute Gasteiger partial charge is 0.306 e. The van der Waals surface area contributed by atoms with Crippen LogP contribution in [0.1, 0.15) is 265 Å². The zero-order chi connectivity index (χ0) is 51.4. The number of rotatable bonds is 52. The maximum absolute atomic E-state index is 12.8. The molecule has 0 aliphatic rings. The molecular formula is C65H108O6. The molecule has 0 aliphatic carbocycles. The van der Waals surface area contributed by atoms with E-state index < -0.39 is 6.10 Å². The highest BCUT2D eigenvalue weighted by Gasteiger charge is 2.19. The topological polar surface area (TPSA) is 78.9 Å². The number of carbonyl (C=O) groups is 3. The van der Waals surface area contributed by atoms with Gasteiger partial charge in [0.05, 0.1) is 0 Å². The summed E-state index contributed by atoms with van der Waals surface area (Å²) in [5.41, 5.74) is 0. The summed E-state index contributed by atoms with van der Waals surface area (Å²) >= 11 is 0. The molecule has 0 rings (SSSR count). The van der Waals surface area contributed by atoms with Crippen molar-refractivity contribution in [2.45, 2.75) is 271 Å². The maximum Gasteiger partial charge on any atom is 0.306 e. The average Bonchev–Trinajstić information content (AvgIpc) is 3.37. The van der Waals surface area contributed by atoms with Gasteiger partial charge in [0.15, 0.2) is 6.10 Å². The van der Waals surface area contributed by atoms with Crippen LogP contribution in [0.2, 0.25) is 0 Å². The molecular weight excluding hydrogens is 877 g/mol. The summed E-state index contributed by atoms with van der Waals surface area (Å²) in [6.07, 6.45) is 79.5. The Labute approximate surface area is 438 Å². The van der Waals surface area contributed by atoms with E-state index in [4.69, 9.17) is 14.2 Å². The number of ether oxygens (including phenoxy) is 3. The van der Waals surface area contributed by atoms with Gasteiger partial charge in [0.25, 0.3) is 0 Å². The van der Waals surface area contributed by atoms with Gasteiger partial charge in [0, 0.05) is 19.3 Å². The van der Waals surface area contributed by atoms with Crippen LogP contribution in [-0.4, -0.2) is 37.2 Å². The number of unbranched alkanes of at least 4 members (excludes halogenated alkanes) is 23. The number of hydrogen-bond donors (Lipinski definition) is 0. The summed E-state index contributed by atoms with van der Waals surface area (Å²) in [6.45, 7) is 6.46. The Morgan fingerprint density at radius 1 is 0.296 bits per heavy atom. The standard InChI is InChI=1S/C65H108O6/c1-4-7-10-13-16-19-21-23-25-26-27-28-29-30-31-32-33-34-35-36-37-38-40-41-43-46-49-52-55-58-64(67)70-61-62(60-69-63(66)57-54-51-48-45-18-15-12-9-6-3)71-65(68)59-56-53-50-47-44-42-39-24-22-20-17-14-11-8-5-2/h7,10,16-17,19-20,23-25,27-28,30-31,33-34,36-37,39,62H,4-6,8-9,11-15,18,21-22,26,29,32,35,38,40-61H2,1-3H3/b10-7-,19-16-,20-17-,25-23-,28-27-,31-30-,34-33-,37-36-,39-24-. The fourth-order valence-electron chi connectivity index (χ4n) is 7.86. The lowest BCUT2D eigenvalue weighted by molar-refractivity contribution is -0.167. The highest BCUT2D eigenvalue weighted by Crippen LogP contribution is 2.14. The lowest BCUT2D eigenvalue weighted by Gasteiger charge is -2.18. The first-order valence-electron chi connectivity index (χ1n) is 29.4. The van der Waals surface area contributed by atoms with Gasteiger partial charge in [-0.3, -0.25) is 14.4 Å². The minimum atomic E-state index is -0.789. The molecule has 71 heavy (non-hydrogen) atoms. The molecule has 1 unspecified atom stereocenters. The van der Waals surface area contributed by atoms with Crippen molar-refractivity contribution in [3.8, 4) is 0 Å². The normalized spacial score (nSPS) is 12.9. The Bertz CT molecular complexity index is 1460. The van der Waals surface area contributed by atoms with Gasteiger partial charge in [-0.2, -0.15) is 0 Å². The number of allylic oxidation sites excluding steroid dienone is 18. The van der Waals surface area contributed by atoms with E-state index in [-0.39, 0.29) is 31.1 Å². The predicted molar refractivity (Wildman–Crippen MR) is 307 cm³/mol. The molecule has 0 radical (unpaired) electrons. The van der Waals surface area contributed by atoms with Crippen LogP contribution in [-0.2, 0) is 28.6 Å². The van der Waals surface area contributed by atoms with Gasteiger partial charge in [0.2, 0.25) is 0 Å². The van der Waals surface area contributed by atoms with Crippen molar-refractivity contribution in [3.05, 3.63) is 109 Å². The van der Waals surface area contributed by atoms with Crippen LogP contribution in [0.15, 0.2) is 109 Å². The number of hydrogen-bond acceptors (Lipinski definition) is 6. The molecule has 0 amide bonds. The van der Waals surface area contributed by atoms with Crippen molar-refractivity contribution >= 4 is 17.9 Å². The van der Waals surface area contributed by atoms with Crippen LogP contribution in [0.25, 0.3) is 0 Å². The van der Waals surface area contributed by atoms with Crippen molar-refractivity contribution in [2.75, 3.05) is 13.2 Å². The van der Waals surface area contributed by atoms with Crippen LogP contribution >= 0.6 is 0 Å². The third kappa shape index (κ3) is 56.9. The van der Waals surface area contributed by atoms with E-state index >= 15 is 0 Å². The Balaban J connectivity index is 4.26. The van der Waals surface area contributed by atoms with Gasteiger partial charge < -0.3 is 14.2 Å². The molecule has 0 heterocycles. The molecule has 0 aromatic rings. The van der Waals surface area contributed by atoms with Crippen molar-refractivity contribution < 1.29 is 28.6 Å². The minimum absolute atomic E-state index is 0.0866. The van der Waals surface area contributed by atoms with Crippen molar-refractivity contribution in [2.24, 2.45) is 0 Å². The van der Waals surface area contributed by atoms with Crippen LogP contribution in [0.4, 0.5) is 0 Å². The monoisotopic (exact) mass is 985 g/mol. The fraction of sp³-hybridized carbons (Fsp3) is 0.677. The quantitative estimate of drug-likeness (QED) is 0.0261. The molecule has 6 heteroatoms. The Morgan fingerprint density at radius 3 is 0.887 bits per heavy atom. The van der Waals surface area contributed by atoms with Crippen LogP contribution < -0.4 is 0 Å². The van der Waals surface area contributed by atoms with Gasteiger partial charge in [-0.05, 0) is 109 Å². The summed E-state index contributed by atoms with van der Waals surface area (Å²) in [5.74, 6) is -0.914. The first-order chi connectivity index (χ1) is 35.0. The zero-order valence-corrected chi connectivity index (χ0v) is 46.2. The summed E-state index contributed by atoms with van der Waals surface area (Å²) < 4.78 is 16.8. The molecule has 6 nitrogen and oxygen atoms in total. The molecule has 0 aromatic heterocycles. The lowest BCUT2D eigenvalue weighted by atomic mass is 10.1. The van der Waals surface area contributed by atoms with Gasteiger partial charge >= 0.3 is 17.9 Å². The van der Waals surface area contributed by atoms with Crippen molar-refractivity contribution in [3.63, 3.8) is 0 Å². The summed E-state index contributed by atoms with van der Waals surface area (Å²) in [5, 5.41) is 0. The van der Waals surface area contributed by atoms with E-state index in [1.54, 1.807) is 0 Å². The highest BCUT2D eigenvalue weighted by atomic mass is 16.6. The van der Waals surface area contributed by atoms with E-state index in [9.17, 15) is 14.4 Å². The third-order valence-electron chi connectivity index (χ3n) is 12.3. The zero-order valence-electron chi connectivity index (χ0n) is 46.2. The van der Waals surface area contributed by atoms with Crippen molar-refractivity contribution in [1.29, 1.82) is 0 Å². The second-order valence-electron chi connectivity index (χ2n) is 19.2. The van der Waals surface area contributed by atoms with E-state index in [0.717, 1.165) is 135 Å². The summed E-state index contributed by atoms with van der Waals surface area (Å²) in [4.78, 5) is 38.0. The van der Waals surface area contributed by atoms with Gasteiger partial charge in [-0.15, -0.1) is 0 Å². The first kappa shape index (κ1) is 67.1. The minimum Gasteiger partial charge on any atom is -0.462 e. The Hall–Kier alpha value is -3.93. The van der Waals surface area contributed by atoms with E-state index in [0.29, 0.717) is 19.3 Å². The molecule has 0 fully saturated rings. The highest BCUT2D eigenvalue weighted by molar-refractivity contribution is 5.71. The van der Waals surface area contributed by atoms with E-state index in [1.165, 1.54) is 89.9 Å². The molecule has 0 saturated heterocycles.